The highest BCUT2D eigenvalue weighted by Gasteiger charge is 2.16. The third-order valence-electron chi connectivity index (χ3n) is 4.90. The molecule has 0 amide bonds. The molecule has 4 aromatic heterocycles. The van der Waals surface area contributed by atoms with Crippen LogP contribution in [0.5, 0.6) is 0 Å². The summed E-state index contributed by atoms with van der Waals surface area (Å²) in [5.41, 5.74) is 6.74. The molecule has 0 radical (unpaired) electrons. The molecular formula is C23H18N6O. The number of carbonyl (C=O) groups excluding carboxylic acids is 1. The number of nitrogens with zero attached hydrogens (tertiary/aromatic N) is 5. The van der Waals surface area contributed by atoms with E-state index >= 15 is 0 Å². The third-order valence-corrected chi connectivity index (χ3v) is 4.90. The van der Waals surface area contributed by atoms with E-state index in [2.05, 4.69) is 20.1 Å². The van der Waals surface area contributed by atoms with Gasteiger partial charge in [0.05, 0.1) is 17.1 Å². The van der Waals surface area contributed by atoms with Crippen LogP contribution < -0.4 is 0 Å². The average Bonchev–Trinajstić information content (AvgIpc) is 3.40. The Bertz CT molecular complexity index is 1370. The Labute approximate surface area is 172 Å². The predicted molar refractivity (Wildman–Crippen MR) is 113 cm³/mol. The zero-order valence-electron chi connectivity index (χ0n) is 16.3. The van der Waals surface area contributed by atoms with Crippen molar-refractivity contribution < 1.29 is 4.79 Å². The second-order valence-corrected chi connectivity index (χ2v) is 7.09. The normalized spacial score (nSPS) is 11.1. The van der Waals surface area contributed by atoms with E-state index < -0.39 is 0 Å². The Kier molecular flexibility index (Phi) is 4.40. The number of aromatic nitrogens is 6. The van der Waals surface area contributed by atoms with Gasteiger partial charge in [0.1, 0.15) is 18.4 Å². The smallest absolute Gasteiger partial charge is 0.155 e. The Morgan fingerprint density at radius 2 is 1.97 bits per heavy atom. The summed E-state index contributed by atoms with van der Waals surface area (Å²) in [6.07, 6.45) is 4.87. The molecule has 1 aromatic carbocycles. The van der Waals surface area contributed by atoms with Crippen LogP contribution in [0, 0.1) is 6.92 Å². The van der Waals surface area contributed by atoms with Crippen molar-refractivity contribution in [1.82, 2.24) is 29.5 Å². The number of nitrogens with one attached hydrogen (secondary N) is 1. The van der Waals surface area contributed by atoms with Gasteiger partial charge in [-0.2, -0.15) is 5.10 Å². The lowest BCUT2D eigenvalue weighted by Gasteiger charge is -2.04. The van der Waals surface area contributed by atoms with Crippen LogP contribution in [0.15, 0.2) is 67.1 Å². The van der Waals surface area contributed by atoms with Crippen LogP contribution in [-0.4, -0.2) is 35.8 Å². The molecule has 5 rings (SSSR count). The lowest BCUT2D eigenvalue weighted by Crippen LogP contribution is -1.93. The van der Waals surface area contributed by atoms with Gasteiger partial charge in [-0.25, -0.2) is 14.5 Å². The summed E-state index contributed by atoms with van der Waals surface area (Å²) in [5.74, 6) is 0.796. The van der Waals surface area contributed by atoms with E-state index in [1.807, 2.05) is 61.7 Å². The fourth-order valence-corrected chi connectivity index (χ4v) is 3.51. The van der Waals surface area contributed by atoms with Gasteiger partial charge in [0.15, 0.2) is 5.65 Å². The largest absolute Gasteiger partial charge is 0.340 e. The Balaban J connectivity index is 1.62. The van der Waals surface area contributed by atoms with E-state index in [1.165, 1.54) is 6.33 Å². The quantitative estimate of drug-likeness (QED) is 0.457. The number of hydrogen-bond donors (Lipinski definition) is 1. The zero-order valence-corrected chi connectivity index (χ0v) is 16.3. The van der Waals surface area contributed by atoms with Gasteiger partial charge < -0.3 is 4.98 Å². The van der Waals surface area contributed by atoms with Crippen molar-refractivity contribution in [2.24, 2.45) is 0 Å². The van der Waals surface area contributed by atoms with Gasteiger partial charge in [-0.3, -0.25) is 9.78 Å². The van der Waals surface area contributed by atoms with Gasteiger partial charge in [-0.15, -0.1) is 0 Å². The fraction of sp³-hybridized carbons (Fsp3) is 0.0870. The van der Waals surface area contributed by atoms with Gasteiger partial charge in [0.2, 0.25) is 0 Å². The summed E-state index contributed by atoms with van der Waals surface area (Å²) in [5, 5.41) is 4.23. The molecule has 0 bridgehead atoms. The van der Waals surface area contributed by atoms with Crippen molar-refractivity contribution in [1.29, 1.82) is 0 Å². The molecule has 4 heterocycles. The zero-order chi connectivity index (χ0) is 20.5. The van der Waals surface area contributed by atoms with Crippen molar-refractivity contribution in [3.63, 3.8) is 0 Å². The molecular weight excluding hydrogens is 376 g/mol. The Hall–Kier alpha value is -4.13. The van der Waals surface area contributed by atoms with E-state index in [0.717, 1.165) is 51.7 Å². The summed E-state index contributed by atoms with van der Waals surface area (Å²) < 4.78 is 1.73. The van der Waals surface area contributed by atoms with Gasteiger partial charge in [0, 0.05) is 29.4 Å². The monoisotopic (exact) mass is 394 g/mol. The second-order valence-electron chi connectivity index (χ2n) is 7.09. The third kappa shape index (κ3) is 3.37. The summed E-state index contributed by atoms with van der Waals surface area (Å²) in [7, 11) is 0. The number of rotatable bonds is 5. The van der Waals surface area contributed by atoms with Crippen LogP contribution in [0.3, 0.4) is 0 Å². The Morgan fingerprint density at radius 1 is 1.07 bits per heavy atom. The maximum Gasteiger partial charge on any atom is 0.155 e. The fourth-order valence-electron chi connectivity index (χ4n) is 3.51. The first-order chi connectivity index (χ1) is 14.7. The molecule has 0 saturated heterocycles. The maximum atomic E-state index is 11.1. The number of imidazole rings is 1. The maximum absolute atomic E-state index is 11.1. The molecule has 7 nitrogen and oxygen atoms in total. The Morgan fingerprint density at radius 3 is 2.83 bits per heavy atom. The molecule has 146 valence electrons. The van der Waals surface area contributed by atoms with Crippen LogP contribution >= 0.6 is 0 Å². The highest BCUT2D eigenvalue weighted by molar-refractivity contribution is 5.77. The van der Waals surface area contributed by atoms with Crippen LogP contribution in [0.2, 0.25) is 0 Å². The van der Waals surface area contributed by atoms with Crippen LogP contribution in [-0.2, 0) is 6.42 Å². The van der Waals surface area contributed by atoms with Crippen molar-refractivity contribution >= 4 is 11.9 Å². The van der Waals surface area contributed by atoms with Crippen LogP contribution in [0.1, 0.15) is 27.4 Å². The molecule has 30 heavy (non-hydrogen) atoms. The van der Waals surface area contributed by atoms with E-state index in [1.54, 1.807) is 10.6 Å². The average molecular weight is 394 g/mol. The summed E-state index contributed by atoms with van der Waals surface area (Å²) in [6, 6.07) is 17.3. The van der Waals surface area contributed by atoms with Gasteiger partial charge in [0.25, 0.3) is 0 Å². The van der Waals surface area contributed by atoms with E-state index in [-0.39, 0.29) is 0 Å². The summed E-state index contributed by atoms with van der Waals surface area (Å²) >= 11 is 0. The number of aromatic amines is 1. The second kappa shape index (κ2) is 7.36. The summed E-state index contributed by atoms with van der Waals surface area (Å²) in [6.45, 7) is 1.97. The molecule has 0 saturated carbocycles. The number of pyridine rings is 2. The highest BCUT2D eigenvalue weighted by atomic mass is 16.1. The van der Waals surface area contributed by atoms with Crippen molar-refractivity contribution in [3.05, 3.63) is 89.8 Å². The first kappa shape index (κ1) is 17.9. The number of benzene rings is 1. The molecule has 1 N–H and O–H groups in total. The molecule has 5 aromatic rings. The number of aryl methyl sites for hydroxylation is 1. The topological polar surface area (TPSA) is 88.8 Å². The van der Waals surface area contributed by atoms with Crippen LogP contribution in [0.25, 0.3) is 28.3 Å². The van der Waals surface area contributed by atoms with Crippen LogP contribution in [0.4, 0.5) is 0 Å². The number of hydrogen-bond acceptors (Lipinski definition) is 5. The minimum absolute atomic E-state index is 0.575. The number of carbonyl (C=O) groups is 1. The van der Waals surface area contributed by atoms with Crippen molar-refractivity contribution in [2.75, 3.05) is 0 Å². The van der Waals surface area contributed by atoms with E-state index in [0.29, 0.717) is 12.0 Å². The lowest BCUT2D eigenvalue weighted by molar-refractivity contribution is 0.112. The van der Waals surface area contributed by atoms with Gasteiger partial charge >= 0.3 is 0 Å². The minimum atomic E-state index is 0.575. The van der Waals surface area contributed by atoms with Crippen molar-refractivity contribution in [2.45, 2.75) is 13.3 Å². The minimum Gasteiger partial charge on any atom is -0.340 e. The predicted octanol–water partition coefficient (Wildman–Crippen LogP) is 3.89. The molecule has 0 aliphatic carbocycles. The number of fused-ring (bicyclic) bond motifs is 1. The van der Waals surface area contributed by atoms with Gasteiger partial charge in [-0.1, -0.05) is 24.3 Å². The first-order valence-corrected chi connectivity index (χ1v) is 9.56. The molecule has 0 aliphatic rings. The van der Waals surface area contributed by atoms with E-state index in [4.69, 9.17) is 4.98 Å². The molecule has 0 fully saturated rings. The van der Waals surface area contributed by atoms with Crippen molar-refractivity contribution in [3.8, 4) is 22.6 Å². The SMILES string of the molecule is Cc1cccc(-c2[nH]c(Cc3cccc(C=O)c3)nc2-c2ccc3ncnn3c2)n1. The number of H-pyrrole nitrogens is 1. The lowest BCUT2D eigenvalue weighted by atomic mass is 10.1. The van der Waals surface area contributed by atoms with E-state index in [9.17, 15) is 4.79 Å². The molecule has 0 unspecified atom stereocenters. The highest BCUT2D eigenvalue weighted by Crippen LogP contribution is 2.30. The summed E-state index contributed by atoms with van der Waals surface area (Å²) in [4.78, 5) is 28.3. The molecule has 0 aliphatic heterocycles. The number of aldehydes is 1. The standard InChI is InChI=1S/C23H18N6O/c1-15-4-2-7-19(26-15)23-22(18-8-9-21-24-14-25-29(21)12-18)27-20(28-23)11-16-5-3-6-17(10-16)13-30/h2-10,12-14H,11H2,1H3,(H,27,28). The molecule has 0 spiro atoms. The first-order valence-electron chi connectivity index (χ1n) is 9.56. The van der Waals surface area contributed by atoms with Gasteiger partial charge in [-0.05, 0) is 42.8 Å². The molecule has 0 atom stereocenters. The molecule has 7 heteroatoms.